The maximum absolute atomic E-state index is 13.0. The number of ether oxygens (including phenoxy) is 6. The summed E-state index contributed by atoms with van der Waals surface area (Å²) in [6.45, 7) is 5.37. The van der Waals surface area contributed by atoms with E-state index in [1.807, 2.05) is 77.9 Å². The molecule has 2 amide bonds. The van der Waals surface area contributed by atoms with E-state index in [9.17, 15) is 24.9 Å². The smallest absolute Gasteiger partial charge is 0.407 e. The fraction of sp³-hybridized carbons (Fsp3) is 0.559. The summed E-state index contributed by atoms with van der Waals surface area (Å²) in [5, 5.41) is 42.1. The van der Waals surface area contributed by atoms with E-state index in [1.54, 1.807) is 17.2 Å². The van der Waals surface area contributed by atoms with Crippen molar-refractivity contribution in [1.82, 2.24) is 20.8 Å². The minimum Gasteiger partial charge on any atom is -0.508 e. The van der Waals surface area contributed by atoms with Gasteiger partial charge in [-0.1, -0.05) is 128 Å². The molecule has 4 aromatic carbocycles. The number of nitrogens with zero attached hydrogens (tertiary/aromatic N) is 2. The number of aliphatic hydroxyl groups is 2. The fourth-order valence-electron chi connectivity index (χ4n) is 11.1. The van der Waals surface area contributed by atoms with Gasteiger partial charge in [-0.25, -0.2) is 9.59 Å². The molecule has 5 N–H and O–H groups in total. The molecule has 0 spiro atoms. The summed E-state index contributed by atoms with van der Waals surface area (Å²) in [5.41, 5.74) is 5.28. The summed E-state index contributed by atoms with van der Waals surface area (Å²) in [6.07, 6.45) is 7.11. The van der Waals surface area contributed by atoms with Crippen LogP contribution in [0, 0.1) is 18.8 Å². The Hall–Kier alpha value is -5.18. The summed E-state index contributed by atoms with van der Waals surface area (Å²) < 4.78 is 33.8. The van der Waals surface area contributed by atoms with Crippen molar-refractivity contribution in [3.8, 4) is 5.75 Å². The number of fused-ring (bicyclic) bond motifs is 2. The number of alkyl carbamates (subject to hydrolysis) is 2. The number of phenolic OH excluding ortho intramolecular Hbond substituents is 1. The predicted octanol–water partition coefficient (Wildman–Crippen LogP) is 7.66. The number of carbonyl (C=O) groups is 2. The Morgan fingerprint density at radius 3 is 1.38 bits per heavy atom. The number of rotatable bonds is 22. The molecule has 2 saturated carbocycles. The van der Waals surface area contributed by atoms with Crippen molar-refractivity contribution in [2.75, 3.05) is 39.5 Å². The summed E-state index contributed by atoms with van der Waals surface area (Å²) in [5.74, 6) is 0.299. The lowest BCUT2D eigenvalue weighted by Crippen LogP contribution is -2.50. The Labute approximate surface area is 446 Å². The summed E-state index contributed by atoms with van der Waals surface area (Å²) >= 11 is 0. The molecule has 10 unspecified atom stereocenters. The molecule has 10 atom stereocenters. The Kier molecular flexibility index (Phi) is 20.4. The van der Waals surface area contributed by atoms with E-state index in [-0.39, 0.29) is 67.7 Å². The molecule has 17 heteroatoms. The minimum absolute atomic E-state index is 0.0406. The average molecular weight is 1050 g/mol. The van der Waals surface area contributed by atoms with Gasteiger partial charge in [0.2, 0.25) is 0 Å². The fourth-order valence-corrected chi connectivity index (χ4v) is 11.1. The zero-order chi connectivity index (χ0) is 52.6. The third kappa shape index (κ3) is 16.4. The van der Waals surface area contributed by atoms with Crippen LogP contribution in [0.4, 0.5) is 9.59 Å². The lowest BCUT2D eigenvalue weighted by atomic mass is 10.0. The molecule has 6 fully saturated rings. The highest BCUT2D eigenvalue weighted by atomic mass is 16.7. The first-order valence-corrected chi connectivity index (χ1v) is 27.6. The number of hydrogen-bond acceptors (Lipinski definition) is 15. The van der Waals surface area contributed by atoms with Gasteiger partial charge in [0.25, 0.3) is 0 Å². The first kappa shape index (κ1) is 55.6. The molecule has 4 aromatic rings. The lowest BCUT2D eigenvalue weighted by Gasteiger charge is -2.31. The second kappa shape index (κ2) is 27.9. The summed E-state index contributed by atoms with van der Waals surface area (Å²) in [7, 11) is 0. The number of hydroxylamine groups is 4. The number of phenols is 1. The Balaban J connectivity index is 0.000000186. The number of carbonyl (C=O) groups excluding carboxylic acids is 2. The number of aliphatic hydroxyl groups excluding tert-OH is 2. The van der Waals surface area contributed by atoms with Gasteiger partial charge in [0, 0.05) is 13.1 Å². The van der Waals surface area contributed by atoms with Crippen LogP contribution in [0.15, 0.2) is 109 Å². The molecule has 4 saturated heterocycles. The van der Waals surface area contributed by atoms with Crippen LogP contribution in [-0.2, 0) is 64.0 Å². The number of benzene rings is 4. The van der Waals surface area contributed by atoms with Crippen LogP contribution < -0.4 is 10.6 Å². The standard InChI is InChI=1S/C30H40N2O6.C29H38N2O7/c1-21-11-13-23(14-12-21)18-32(38-24-9-5-6-10-24)19-27(33)26(17-22-7-3-2-4-8-22)31-30(34)37-28-20-36-29-25(28)15-16-35-29;32-22-12-10-21(11-13-22)17-31(38-23-8-4-5-9-23)18-26(33)25(16-20-6-2-1-3-7-20)30-29(34)37-27-19-36-28-24(27)14-15-35-28/h2-4,7-8,11-14,24-29,33H,5-6,9-10,15-20H2,1H3,(H,31,34);1-3,6-7,10-13,23-28,32-33H,4-5,8-9,14-19H2,(H,30,34). The van der Waals surface area contributed by atoms with Crippen molar-refractivity contribution in [1.29, 1.82) is 0 Å². The molecule has 4 aliphatic heterocycles. The van der Waals surface area contributed by atoms with Crippen LogP contribution in [0.3, 0.4) is 0 Å². The van der Waals surface area contributed by atoms with Crippen molar-refractivity contribution in [2.45, 2.75) is 158 Å². The first-order chi connectivity index (χ1) is 37.1. The number of aryl methyl sites for hydroxylation is 1. The van der Waals surface area contributed by atoms with Gasteiger partial charge in [-0.2, -0.15) is 10.1 Å². The second-order valence-corrected chi connectivity index (χ2v) is 21.3. The predicted molar refractivity (Wildman–Crippen MR) is 281 cm³/mol. The SMILES string of the molecule is Cc1ccc(CN(CC(O)C(Cc2ccccc2)NC(=O)OC2COC3OCCC23)OC2CCCC2)cc1.O=C(NC(Cc1ccccc1)C(O)CN(Cc1ccc(O)cc1)OC1CCCC1)OC1COC2OCCC12. The van der Waals surface area contributed by atoms with E-state index in [4.69, 9.17) is 38.1 Å². The first-order valence-electron chi connectivity index (χ1n) is 27.6. The number of amides is 2. The highest BCUT2D eigenvalue weighted by molar-refractivity contribution is 5.68. The van der Waals surface area contributed by atoms with E-state index >= 15 is 0 Å². The van der Waals surface area contributed by atoms with Gasteiger partial charge in [0.15, 0.2) is 12.6 Å². The van der Waals surface area contributed by atoms with Gasteiger partial charge in [-0.15, -0.1) is 0 Å². The van der Waals surface area contributed by atoms with Crippen LogP contribution >= 0.6 is 0 Å². The maximum Gasteiger partial charge on any atom is 0.407 e. The van der Waals surface area contributed by atoms with Crippen LogP contribution in [0.2, 0.25) is 0 Å². The molecular weight excluding hydrogens is 973 g/mol. The van der Waals surface area contributed by atoms with Crippen molar-refractivity contribution in [3.05, 3.63) is 137 Å². The third-order valence-electron chi connectivity index (χ3n) is 15.4. The molecule has 76 heavy (non-hydrogen) atoms. The molecule has 4 heterocycles. The number of hydrogen-bond donors (Lipinski definition) is 5. The maximum atomic E-state index is 13.0. The van der Waals surface area contributed by atoms with E-state index in [1.165, 1.54) is 5.56 Å². The monoisotopic (exact) mass is 1050 g/mol. The molecule has 0 bridgehead atoms. The van der Waals surface area contributed by atoms with E-state index in [0.717, 1.165) is 86.5 Å². The van der Waals surface area contributed by atoms with Gasteiger partial charge in [-0.05, 0) is 92.7 Å². The molecule has 10 rings (SSSR count). The van der Waals surface area contributed by atoms with Gasteiger partial charge in [-0.3, -0.25) is 9.68 Å². The van der Waals surface area contributed by atoms with E-state index in [2.05, 4.69) is 41.8 Å². The Morgan fingerprint density at radius 1 is 0.553 bits per heavy atom. The quantitative estimate of drug-likeness (QED) is 0.0481. The molecule has 0 aromatic heterocycles. The van der Waals surface area contributed by atoms with Crippen LogP contribution in [0.25, 0.3) is 0 Å². The Morgan fingerprint density at radius 2 is 0.961 bits per heavy atom. The molecular formula is C59H78N4O13. The van der Waals surface area contributed by atoms with Crippen LogP contribution in [0.1, 0.15) is 92.0 Å². The van der Waals surface area contributed by atoms with Gasteiger partial charge in [0.1, 0.15) is 18.0 Å². The van der Waals surface area contributed by atoms with Gasteiger partial charge >= 0.3 is 12.2 Å². The van der Waals surface area contributed by atoms with Crippen molar-refractivity contribution < 1.29 is 63.0 Å². The molecule has 17 nitrogen and oxygen atoms in total. The molecule has 6 aliphatic rings. The zero-order valence-electron chi connectivity index (χ0n) is 43.8. The van der Waals surface area contributed by atoms with Crippen molar-refractivity contribution in [3.63, 3.8) is 0 Å². The number of nitrogens with one attached hydrogen (secondary N) is 2. The van der Waals surface area contributed by atoms with Crippen LogP contribution in [-0.4, -0.2) is 138 Å². The number of aromatic hydroxyl groups is 1. The molecule has 2 aliphatic carbocycles. The second-order valence-electron chi connectivity index (χ2n) is 21.3. The van der Waals surface area contributed by atoms with Crippen LogP contribution in [0.5, 0.6) is 5.75 Å². The average Bonchev–Trinajstić information content (AvgIpc) is 4.30. The molecule has 0 radical (unpaired) electrons. The normalized spacial score (nSPS) is 24.9. The minimum atomic E-state index is -0.927. The Bertz CT molecular complexity index is 2190. The molecule has 412 valence electrons. The largest absolute Gasteiger partial charge is 0.508 e. The third-order valence-corrected chi connectivity index (χ3v) is 15.4. The lowest BCUT2D eigenvalue weighted by molar-refractivity contribution is -0.214. The summed E-state index contributed by atoms with van der Waals surface area (Å²) in [4.78, 5) is 38.7. The highest BCUT2D eigenvalue weighted by Gasteiger charge is 2.45. The van der Waals surface area contributed by atoms with Gasteiger partial charge in [0.05, 0.1) is 87.9 Å². The zero-order valence-corrected chi connectivity index (χ0v) is 43.8. The van der Waals surface area contributed by atoms with Crippen molar-refractivity contribution in [2.24, 2.45) is 11.8 Å². The van der Waals surface area contributed by atoms with Gasteiger partial charge < -0.3 is 54.4 Å². The summed E-state index contributed by atoms with van der Waals surface area (Å²) in [6, 6.07) is 33.8. The topological polar surface area (TPSA) is 199 Å². The van der Waals surface area contributed by atoms with Crippen molar-refractivity contribution >= 4 is 12.2 Å². The highest BCUT2D eigenvalue weighted by Crippen LogP contribution is 2.34. The van der Waals surface area contributed by atoms with E-state index in [0.29, 0.717) is 52.4 Å². The van der Waals surface area contributed by atoms with E-state index < -0.39 is 36.5 Å².